The van der Waals surface area contributed by atoms with E-state index in [0.717, 1.165) is 23.2 Å². The predicted octanol–water partition coefficient (Wildman–Crippen LogP) is 1.83. The molecule has 1 aromatic carbocycles. The van der Waals surface area contributed by atoms with E-state index in [-0.39, 0.29) is 6.03 Å². The molecule has 0 atom stereocenters. The fraction of sp³-hybridized carbons (Fsp3) is 0.417. The molecule has 0 radical (unpaired) electrons. The van der Waals surface area contributed by atoms with Gasteiger partial charge in [-0.05, 0) is 30.7 Å². The predicted molar refractivity (Wildman–Crippen MR) is 72.1 cm³/mol. The summed E-state index contributed by atoms with van der Waals surface area (Å²) in [4.78, 5) is 13.4. The Bertz CT molecular complexity index is 410. The number of nitrogens with zero attached hydrogens (tertiary/aromatic N) is 2. The van der Waals surface area contributed by atoms with Gasteiger partial charge in [-0.25, -0.2) is 10.6 Å². The molecule has 1 aromatic rings. The lowest BCUT2D eigenvalue weighted by Crippen LogP contribution is -2.53. The van der Waals surface area contributed by atoms with Crippen LogP contribution in [0.2, 0.25) is 0 Å². The van der Waals surface area contributed by atoms with Crippen molar-refractivity contribution in [2.75, 3.05) is 26.2 Å². The molecule has 0 aliphatic carbocycles. The van der Waals surface area contributed by atoms with E-state index in [2.05, 4.69) is 15.9 Å². The van der Waals surface area contributed by atoms with Gasteiger partial charge in [-0.15, -0.1) is 0 Å². The summed E-state index contributed by atoms with van der Waals surface area (Å²) in [5.41, 5.74) is 0. The van der Waals surface area contributed by atoms with E-state index in [1.54, 1.807) is 4.90 Å². The van der Waals surface area contributed by atoms with Crippen LogP contribution in [0.4, 0.5) is 4.79 Å². The Morgan fingerprint density at radius 1 is 1.28 bits per heavy atom. The number of hydrazine groups is 1. The van der Waals surface area contributed by atoms with Crippen LogP contribution in [0, 0.1) is 0 Å². The number of hydrogen-bond donors (Lipinski definition) is 1. The summed E-state index contributed by atoms with van der Waals surface area (Å²) in [5, 5.41) is 1.25. The minimum Gasteiger partial charge on any atom is -0.492 e. The van der Waals surface area contributed by atoms with Crippen molar-refractivity contribution in [1.29, 1.82) is 0 Å². The van der Waals surface area contributed by atoms with Crippen molar-refractivity contribution >= 4 is 22.0 Å². The number of urea groups is 1. The molecular formula is C12H16BrN3O2. The zero-order chi connectivity index (χ0) is 13.0. The van der Waals surface area contributed by atoms with Gasteiger partial charge in [0.15, 0.2) is 0 Å². The summed E-state index contributed by atoms with van der Waals surface area (Å²) in [7, 11) is 0. The standard InChI is InChI=1S/C12H16BrN3O2/c13-10-2-4-11(5-3-10)18-9-8-15-6-1-7-16(14)12(15)17/h2-5H,1,6-9,14H2. The Morgan fingerprint density at radius 2 is 2.00 bits per heavy atom. The summed E-state index contributed by atoms with van der Waals surface area (Å²) < 4.78 is 6.59. The Labute approximate surface area is 115 Å². The number of amides is 2. The van der Waals surface area contributed by atoms with Gasteiger partial charge in [0.25, 0.3) is 0 Å². The van der Waals surface area contributed by atoms with E-state index in [0.29, 0.717) is 19.7 Å². The number of halogens is 1. The zero-order valence-electron chi connectivity index (χ0n) is 10.0. The quantitative estimate of drug-likeness (QED) is 0.681. The van der Waals surface area contributed by atoms with Crippen molar-refractivity contribution in [3.63, 3.8) is 0 Å². The molecular weight excluding hydrogens is 298 g/mol. The van der Waals surface area contributed by atoms with Crippen LogP contribution < -0.4 is 10.6 Å². The lowest BCUT2D eigenvalue weighted by molar-refractivity contribution is 0.121. The highest BCUT2D eigenvalue weighted by Crippen LogP contribution is 2.16. The molecule has 0 bridgehead atoms. The van der Waals surface area contributed by atoms with Crippen molar-refractivity contribution in [1.82, 2.24) is 9.91 Å². The van der Waals surface area contributed by atoms with Crippen LogP contribution in [0.5, 0.6) is 5.75 Å². The molecule has 5 nitrogen and oxygen atoms in total. The second-order valence-electron chi connectivity index (χ2n) is 4.12. The topological polar surface area (TPSA) is 58.8 Å². The number of ether oxygens (including phenoxy) is 1. The molecule has 18 heavy (non-hydrogen) atoms. The molecule has 1 heterocycles. The highest BCUT2D eigenvalue weighted by Gasteiger charge is 2.22. The maximum atomic E-state index is 11.7. The average molecular weight is 314 g/mol. The minimum atomic E-state index is -0.124. The summed E-state index contributed by atoms with van der Waals surface area (Å²) in [5.74, 6) is 6.36. The van der Waals surface area contributed by atoms with Crippen LogP contribution in [0.15, 0.2) is 28.7 Å². The van der Waals surface area contributed by atoms with E-state index in [4.69, 9.17) is 10.6 Å². The third kappa shape index (κ3) is 3.36. The molecule has 0 saturated carbocycles. The molecule has 1 saturated heterocycles. The molecule has 0 spiro atoms. The number of carbonyl (C=O) groups is 1. The number of hydrogen-bond acceptors (Lipinski definition) is 3. The molecule has 1 aliphatic heterocycles. The van der Waals surface area contributed by atoms with Crippen LogP contribution in [-0.4, -0.2) is 42.2 Å². The molecule has 0 aromatic heterocycles. The maximum Gasteiger partial charge on any atom is 0.334 e. The normalized spacial score (nSPS) is 16.0. The summed E-state index contributed by atoms with van der Waals surface area (Å²) in [6.45, 7) is 2.41. The van der Waals surface area contributed by atoms with Gasteiger partial charge >= 0.3 is 6.03 Å². The Hall–Kier alpha value is -1.27. The third-order valence-corrected chi connectivity index (χ3v) is 3.32. The molecule has 1 aliphatic rings. The Kier molecular flexibility index (Phi) is 4.43. The smallest absolute Gasteiger partial charge is 0.334 e. The van der Waals surface area contributed by atoms with Crippen LogP contribution in [-0.2, 0) is 0 Å². The number of nitrogens with two attached hydrogens (primary N) is 1. The van der Waals surface area contributed by atoms with Crippen LogP contribution >= 0.6 is 15.9 Å². The van der Waals surface area contributed by atoms with E-state index < -0.39 is 0 Å². The largest absolute Gasteiger partial charge is 0.492 e. The van der Waals surface area contributed by atoms with Crippen molar-refractivity contribution < 1.29 is 9.53 Å². The highest BCUT2D eigenvalue weighted by atomic mass is 79.9. The fourth-order valence-corrected chi connectivity index (χ4v) is 2.08. The van der Waals surface area contributed by atoms with Crippen molar-refractivity contribution in [2.24, 2.45) is 5.84 Å². The maximum absolute atomic E-state index is 11.7. The second-order valence-corrected chi connectivity index (χ2v) is 5.03. The summed E-state index contributed by atoms with van der Waals surface area (Å²) >= 11 is 3.36. The van der Waals surface area contributed by atoms with Gasteiger partial charge in [-0.2, -0.15) is 0 Å². The van der Waals surface area contributed by atoms with Crippen molar-refractivity contribution in [3.8, 4) is 5.75 Å². The highest BCUT2D eigenvalue weighted by molar-refractivity contribution is 9.10. The molecule has 0 unspecified atom stereocenters. The first-order valence-corrected chi connectivity index (χ1v) is 6.65. The lowest BCUT2D eigenvalue weighted by atomic mass is 10.3. The SMILES string of the molecule is NN1CCCN(CCOc2ccc(Br)cc2)C1=O. The zero-order valence-corrected chi connectivity index (χ0v) is 11.6. The molecule has 98 valence electrons. The Balaban J connectivity index is 1.78. The first kappa shape index (κ1) is 13.2. The van der Waals surface area contributed by atoms with E-state index in [1.807, 2.05) is 24.3 Å². The lowest BCUT2D eigenvalue weighted by Gasteiger charge is -2.32. The van der Waals surface area contributed by atoms with Gasteiger partial charge in [-0.1, -0.05) is 15.9 Å². The second kappa shape index (κ2) is 6.06. The average Bonchev–Trinajstić information content (AvgIpc) is 2.37. The molecule has 2 N–H and O–H groups in total. The summed E-state index contributed by atoms with van der Waals surface area (Å²) in [6.07, 6.45) is 0.903. The fourth-order valence-electron chi connectivity index (χ4n) is 1.82. The number of carbonyl (C=O) groups excluding carboxylic acids is 1. The molecule has 2 rings (SSSR count). The first-order valence-electron chi connectivity index (χ1n) is 5.86. The first-order chi connectivity index (χ1) is 8.66. The van der Waals surface area contributed by atoms with Crippen molar-refractivity contribution in [3.05, 3.63) is 28.7 Å². The van der Waals surface area contributed by atoms with Crippen LogP contribution in [0.1, 0.15) is 6.42 Å². The van der Waals surface area contributed by atoms with Gasteiger partial charge in [0.05, 0.1) is 6.54 Å². The number of benzene rings is 1. The van der Waals surface area contributed by atoms with Gasteiger partial charge in [0.2, 0.25) is 0 Å². The van der Waals surface area contributed by atoms with E-state index >= 15 is 0 Å². The van der Waals surface area contributed by atoms with Crippen molar-refractivity contribution in [2.45, 2.75) is 6.42 Å². The van der Waals surface area contributed by atoms with E-state index in [1.165, 1.54) is 5.01 Å². The van der Waals surface area contributed by atoms with Gasteiger partial charge in [-0.3, -0.25) is 5.01 Å². The number of rotatable bonds is 4. The third-order valence-electron chi connectivity index (χ3n) is 2.79. The van der Waals surface area contributed by atoms with Crippen LogP contribution in [0.25, 0.3) is 0 Å². The Morgan fingerprint density at radius 3 is 2.72 bits per heavy atom. The monoisotopic (exact) mass is 313 g/mol. The van der Waals surface area contributed by atoms with Gasteiger partial charge in [0, 0.05) is 17.6 Å². The molecule has 1 fully saturated rings. The van der Waals surface area contributed by atoms with E-state index in [9.17, 15) is 4.79 Å². The van der Waals surface area contributed by atoms with Gasteiger partial charge < -0.3 is 9.64 Å². The van der Waals surface area contributed by atoms with Crippen LogP contribution in [0.3, 0.4) is 0 Å². The minimum absolute atomic E-state index is 0.124. The summed E-state index contributed by atoms with van der Waals surface area (Å²) in [6, 6.07) is 7.49. The molecule has 6 heteroatoms. The molecule has 2 amide bonds. The van der Waals surface area contributed by atoms with Gasteiger partial charge in [0.1, 0.15) is 12.4 Å².